The van der Waals surface area contributed by atoms with Crippen molar-refractivity contribution >= 4 is 35.0 Å². The molecule has 1 aliphatic carbocycles. The van der Waals surface area contributed by atoms with Gasteiger partial charge >= 0.3 is 0 Å². The Kier molecular flexibility index (Phi) is 7.01. The third-order valence-electron chi connectivity index (χ3n) is 6.04. The van der Waals surface area contributed by atoms with Gasteiger partial charge in [-0.1, -0.05) is 41.9 Å². The van der Waals surface area contributed by atoms with Crippen LogP contribution in [0.3, 0.4) is 0 Å². The van der Waals surface area contributed by atoms with Crippen molar-refractivity contribution in [2.45, 2.75) is 50.0 Å². The van der Waals surface area contributed by atoms with E-state index in [0.29, 0.717) is 24.1 Å². The average molecular weight is 490 g/mol. The number of aliphatic hydroxyl groups is 1. The third kappa shape index (κ3) is 4.98. The molecule has 1 aliphatic heterocycles. The van der Waals surface area contributed by atoms with E-state index >= 15 is 0 Å². The topological polar surface area (TPSA) is 137 Å². The Morgan fingerprint density at radius 2 is 1.94 bits per heavy atom. The second kappa shape index (κ2) is 9.96. The molecule has 2 aromatic carbocycles. The Balaban J connectivity index is 1.52. The maximum absolute atomic E-state index is 14.2. The van der Waals surface area contributed by atoms with Crippen LogP contribution in [-0.4, -0.2) is 46.0 Å². The lowest BCUT2D eigenvalue weighted by Crippen LogP contribution is -2.56. The van der Waals surface area contributed by atoms with E-state index in [2.05, 4.69) is 16.1 Å². The van der Waals surface area contributed by atoms with E-state index in [4.69, 9.17) is 17.3 Å². The Morgan fingerprint density at radius 1 is 1.21 bits per heavy atom. The van der Waals surface area contributed by atoms with Gasteiger partial charge in [-0.15, -0.1) is 0 Å². The Morgan fingerprint density at radius 3 is 2.65 bits per heavy atom. The number of amides is 3. The van der Waals surface area contributed by atoms with E-state index in [1.54, 1.807) is 30.3 Å². The van der Waals surface area contributed by atoms with E-state index in [1.807, 2.05) is 0 Å². The predicted octanol–water partition coefficient (Wildman–Crippen LogP) is 1.36. The molecule has 3 amide bonds. The maximum Gasteiger partial charge on any atom is 0.241 e. The van der Waals surface area contributed by atoms with E-state index in [0.717, 1.165) is 0 Å². The SMILES string of the molecule is NC(=O)C1c2ccccc2NN1C(CC(=O)NCc1cccc(Cl)c1F)C(=O)NC1CC(O)C1. The molecule has 2 atom stereocenters. The fourth-order valence-corrected chi connectivity index (χ4v) is 4.38. The number of aliphatic hydroxyl groups excluding tert-OH is 1. The molecule has 2 aromatic rings. The van der Waals surface area contributed by atoms with Gasteiger partial charge in [-0.25, -0.2) is 4.39 Å². The molecule has 2 aliphatic rings. The zero-order valence-electron chi connectivity index (χ0n) is 18.1. The summed E-state index contributed by atoms with van der Waals surface area (Å²) in [5.74, 6) is -2.34. The number of anilines is 1. The van der Waals surface area contributed by atoms with Gasteiger partial charge < -0.3 is 26.9 Å². The van der Waals surface area contributed by atoms with Crippen LogP contribution in [0.15, 0.2) is 42.5 Å². The fraction of sp³-hybridized carbons (Fsp3) is 0.348. The number of hydrazine groups is 1. The largest absolute Gasteiger partial charge is 0.393 e. The van der Waals surface area contributed by atoms with Gasteiger partial charge in [-0.05, 0) is 25.0 Å². The Hall–Kier alpha value is -3.21. The maximum atomic E-state index is 14.2. The Bertz CT molecular complexity index is 1110. The van der Waals surface area contributed by atoms with E-state index in [-0.39, 0.29) is 29.6 Å². The fourth-order valence-electron chi connectivity index (χ4n) is 4.19. The van der Waals surface area contributed by atoms with E-state index < -0.39 is 41.7 Å². The lowest BCUT2D eigenvalue weighted by atomic mass is 9.89. The van der Waals surface area contributed by atoms with E-state index in [1.165, 1.54) is 17.1 Å². The second-order valence-corrected chi connectivity index (χ2v) is 8.86. The molecule has 0 radical (unpaired) electrons. The van der Waals surface area contributed by atoms with Crippen LogP contribution in [0.1, 0.15) is 36.4 Å². The predicted molar refractivity (Wildman–Crippen MR) is 123 cm³/mol. The molecule has 1 fully saturated rings. The van der Waals surface area contributed by atoms with Gasteiger partial charge in [0.2, 0.25) is 17.7 Å². The average Bonchev–Trinajstić information content (AvgIpc) is 3.16. The summed E-state index contributed by atoms with van der Waals surface area (Å²) < 4.78 is 14.2. The van der Waals surface area contributed by atoms with Gasteiger partial charge in [0.15, 0.2) is 0 Å². The van der Waals surface area contributed by atoms with Crippen LogP contribution in [-0.2, 0) is 20.9 Å². The minimum absolute atomic E-state index is 0.0602. The minimum Gasteiger partial charge on any atom is -0.393 e. The number of carbonyl (C=O) groups is 3. The van der Waals surface area contributed by atoms with Crippen LogP contribution in [0, 0.1) is 5.82 Å². The molecule has 0 bridgehead atoms. The number of rotatable bonds is 8. The first-order valence-electron chi connectivity index (χ1n) is 10.9. The molecule has 1 heterocycles. The Labute approximate surface area is 200 Å². The van der Waals surface area contributed by atoms with Crippen LogP contribution in [0.25, 0.3) is 0 Å². The minimum atomic E-state index is -1.10. The summed E-state index contributed by atoms with van der Waals surface area (Å²) in [5, 5.41) is 16.3. The molecule has 6 N–H and O–H groups in total. The zero-order valence-corrected chi connectivity index (χ0v) is 18.9. The summed E-state index contributed by atoms with van der Waals surface area (Å²) in [6.45, 7) is -0.124. The highest BCUT2D eigenvalue weighted by molar-refractivity contribution is 6.30. The lowest BCUT2D eigenvalue weighted by Gasteiger charge is -2.36. The third-order valence-corrected chi connectivity index (χ3v) is 6.33. The highest BCUT2D eigenvalue weighted by Crippen LogP contribution is 2.37. The molecule has 1 saturated carbocycles. The summed E-state index contributed by atoms with van der Waals surface area (Å²) in [5.41, 5.74) is 10.1. The van der Waals surface area contributed by atoms with Crippen molar-refractivity contribution in [1.82, 2.24) is 15.6 Å². The highest BCUT2D eigenvalue weighted by atomic mass is 35.5. The highest BCUT2D eigenvalue weighted by Gasteiger charge is 2.43. The number of benzene rings is 2. The summed E-state index contributed by atoms with van der Waals surface area (Å²) in [4.78, 5) is 38.3. The number of nitrogens with zero attached hydrogens (tertiary/aromatic N) is 1. The van der Waals surface area contributed by atoms with Gasteiger partial charge in [0.25, 0.3) is 0 Å². The van der Waals surface area contributed by atoms with Crippen LogP contribution in [0.4, 0.5) is 10.1 Å². The summed E-state index contributed by atoms with van der Waals surface area (Å²) in [6, 6.07) is 9.13. The number of para-hydroxylation sites is 1. The normalized spacial score (nSPS) is 22.1. The number of fused-ring (bicyclic) bond motifs is 1. The first-order valence-corrected chi connectivity index (χ1v) is 11.2. The lowest BCUT2D eigenvalue weighted by molar-refractivity contribution is -0.135. The van der Waals surface area contributed by atoms with Crippen LogP contribution < -0.4 is 21.8 Å². The second-order valence-electron chi connectivity index (χ2n) is 8.45. The molecular formula is C23H25ClFN5O4. The van der Waals surface area contributed by atoms with Gasteiger partial charge in [-0.3, -0.25) is 14.4 Å². The zero-order chi connectivity index (χ0) is 24.4. The first kappa shape index (κ1) is 23.9. The summed E-state index contributed by atoms with van der Waals surface area (Å²) in [6.07, 6.45) is 0.0119. The van der Waals surface area contributed by atoms with Crippen LogP contribution in [0.2, 0.25) is 5.02 Å². The number of carbonyl (C=O) groups excluding carboxylic acids is 3. The first-order chi connectivity index (χ1) is 16.2. The number of nitrogens with two attached hydrogens (primary N) is 1. The number of hydrogen-bond donors (Lipinski definition) is 5. The molecular weight excluding hydrogens is 465 g/mol. The molecule has 4 rings (SSSR count). The summed E-state index contributed by atoms with van der Waals surface area (Å²) >= 11 is 5.79. The van der Waals surface area contributed by atoms with Crippen molar-refractivity contribution in [3.63, 3.8) is 0 Å². The van der Waals surface area contributed by atoms with Crippen molar-refractivity contribution in [1.29, 1.82) is 0 Å². The van der Waals surface area contributed by atoms with Crippen molar-refractivity contribution in [3.05, 3.63) is 64.4 Å². The molecule has 0 aromatic heterocycles. The summed E-state index contributed by atoms with van der Waals surface area (Å²) in [7, 11) is 0. The van der Waals surface area contributed by atoms with Gasteiger partial charge in [-0.2, -0.15) is 5.01 Å². The number of halogens is 2. The van der Waals surface area contributed by atoms with Crippen molar-refractivity contribution in [3.8, 4) is 0 Å². The molecule has 0 spiro atoms. The molecule has 11 heteroatoms. The molecule has 180 valence electrons. The van der Waals surface area contributed by atoms with Crippen molar-refractivity contribution < 1.29 is 23.9 Å². The van der Waals surface area contributed by atoms with Gasteiger partial charge in [0.05, 0.1) is 23.2 Å². The monoisotopic (exact) mass is 489 g/mol. The number of nitrogens with one attached hydrogen (secondary N) is 3. The van der Waals surface area contributed by atoms with Gasteiger partial charge in [0.1, 0.15) is 17.9 Å². The van der Waals surface area contributed by atoms with Crippen molar-refractivity contribution in [2.75, 3.05) is 5.43 Å². The van der Waals surface area contributed by atoms with Crippen LogP contribution >= 0.6 is 11.6 Å². The smallest absolute Gasteiger partial charge is 0.241 e. The van der Waals surface area contributed by atoms with Crippen LogP contribution in [0.5, 0.6) is 0 Å². The number of primary amides is 1. The van der Waals surface area contributed by atoms with Gasteiger partial charge in [0, 0.05) is 23.7 Å². The van der Waals surface area contributed by atoms with E-state index in [9.17, 15) is 23.9 Å². The quantitative estimate of drug-likeness (QED) is 0.380. The molecule has 0 saturated heterocycles. The number of hydrogen-bond acceptors (Lipinski definition) is 6. The van der Waals surface area contributed by atoms with Crippen molar-refractivity contribution in [2.24, 2.45) is 5.73 Å². The standard InChI is InChI=1S/C23H25ClFN5O4/c24-16-6-3-4-12(20(16)25)11-27-19(32)10-18(23(34)28-13-8-14(31)9-13)30-21(22(26)33)15-5-1-2-7-17(15)29-30/h1-7,13-14,18,21,29,31H,8-11H2,(H2,26,33)(H,27,32)(H,28,34). The molecule has 9 nitrogen and oxygen atoms in total. The molecule has 2 unspecified atom stereocenters. The molecule has 34 heavy (non-hydrogen) atoms.